The maximum atomic E-state index is 13.4. The summed E-state index contributed by atoms with van der Waals surface area (Å²) < 4.78 is 0. The normalized spacial score (nSPS) is 14.6. The molecule has 0 aliphatic heterocycles. The van der Waals surface area contributed by atoms with Crippen LogP contribution >= 0.6 is 0 Å². The molecule has 0 saturated heterocycles. The Kier molecular flexibility index (Phi) is 5.24. The molecule has 2 aromatic carbocycles. The Morgan fingerprint density at radius 2 is 1.62 bits per heavy atom. The van der Waals surface area contributed by atoms with Crippen molar-refractivity contribution in [1.29, 1.82) is 0 Å². The highest BCUT2D eigenvalue weighted by atomic mass is 16.4. The van der Waals surface area contributed by atoms with Gasteiger partial charge in [0.15, 0.2) is 5.54 Å². The predicted octanol–water partition coefficient (Wildman–Crippen LogP) is 2.99. The van der Waals surface area contributed by atoms with Crippen LogP contribution in [0.1, 0.15) is 64.1 Å². The third kappa shape index (κ3) is 3.40. The van der Waals surface area contributed by atoms with Crippen LogP contribution in [-0.2, 0) is 16.9 Å². The second-order valence-electron chi connectivity index (χ2n) is 7.37. The van der Waals surface area contributed by atoms with Gasteiger partial charge in [-0.1, -0.05) is 56.3 Å². The van der Waals surface area contributed by atoms with Crippen molar-refractivity contribution in [3.05, 3.63) is 70.3 Å². The molecule has 7 heteroatoms. The number of benzene rings is 2. The molecular weight excluding hydrogens is 372 g/mol. The van der Waals surface area contributed by atoms with Crippen molar-refractivity contribution >= 4 is 23.6 Å². The minimum Gasteiger partial charge on any atom is -0.465 e. The molecule has 29 heavy (non-hydrogen) atoms. The lowest BCUT2D eigenvalue weighted by molar-refractivity contribution is -0.120. The highest BCUT2D eigenvalue weighted by Crippen LogP contribution is 2.40. The molecule has 0 spiro atoms. The van der Waals surface area contributed by atoms with Gasteiger partial charge in [-0.2, -0.15) is 0 Å². The number of carbonyl (C=O) groups excluding carboxylic acids is 3. The lowest BCUT2D eigenvalue weighted by Crippen LogP contribution is -2.54. The van der Waals surface area contributed by atoms with Crippen molar-refractivity contribution < 1.29 is 24.3 Å². The van der Waals surface area contributed by atoms with Crippen molar-refractivity contribution in [2.45, 2.75) is 38.8 Å². The Labute approximate surface area is 168 Å². The van der Waals surface area contributed by atoms with Crippen LogP contribution in [-0.4, -0.2) is 28.7 Å². The average molecular weight is 394 g/mol. The quantitative estimate of drug-likeness (QED) is 0.675. The van der Waals surface area contributed by atoms with E-state index in [2.05, 4.69) is 10.6 Å². The molecule has 0 radical (unpaired) electrons. The van der Waals surface area contributed by atoms with Crippen LogP contribution in [0.25, 0.3) is 0 Å². The van der Waals surface area contributed by atoms with Crippen LogP contribution in [0.3, 0.4) is 0 Å². The first kappa shape index (κ1) is 20.3. The number of rotatable bonds is 5. The molecule has 0 aromatic heterocycles. The first-order valence-electron chi connectivity index (χ1n) is 9.26. The molecule has 7 nitrogen and oxygen atoms in total. The summed E-state index contributed by atoms with van der Waals surface area (Å²) in [4.78, 5) is 49.9. The van der Waals surface area contributed by atoms with Crippen LogP contribution in [0, 0.1) is 0 Å². The molecular formula is C22H22N2O5. The Morgan fingerprint density at radius 1 is 1.03 bits per heavy atom. The summed E-state index contributed by atoms with van der Waals surface area (Å²) in [6.45, 7) is 5.09. The van der Waals surface area contributed by atoms with Crippen molar-refractivity contribution in [2.24, 2.45) is 0 Å². The first-order chi connectivity index (χ1) is 13.7. The van der Waals surface area contributed by atoms with Gasteiger partial charge in [0.1, 0.15) is 0 Å². The number of carboxylic acid groups (broad SMARTS) is 1. The van der Waals surface area contributed by atoms with E-state index in [0.29, 0.717) is 5.56 Å². The van der Waals surface area contributed by atoms with Gasteiger partial charge in [0, 0.05) is 24.6 Å². The van der Waals surface area contributed by atoms with Crippen LogP contribution in [0.4, 0.5) is 4.79 Å². The van der Waals surface area contributed by atoms with Gasteiger partial charge in [-0.3, -0.25) is 14.4 Å². The number of carbonyl (C=O) groups is 4. The van der Waals surface area contributed by atoms with Gasteiger partial charge in [0.05, 0.1) is 0 Å². The second kappa shape index (κ2) is 7.50. The van der Waals surface area contributed by atoms with Crippen LogP contribution in [0.15, 0.2) is 42.5 Å². The molecule has 2 amide bonds. The van der Waals surface area contributed by atoms with Gasteiger partial charge in [0.2, 0.25) is 17.5 Å². The smallest absolute Gasteiger partial charge is 0.404 e. The fraction of sp³-hybridized carbons (Fsp3) is 0.273. The largest absolute Gasteiger partial charge is 0.465 e. The number of hydrogen-bond acceptors (Lipinski definition) is 4. The van der Waals surface area contributed by atoms with E-state index in [9.17, 15) is 19.2 Å². The maximum absolute atomic E-state index is 13.4. The number of amides is 2. The molecule has 0 heterocycles. The van der Waals surface area contributed by atoms with E-state index in [4.69, 9.17) is 5.11 Å². The van der Waals surface area contributed by atoms with E-state index in [1.54, 1.807) is 42.5 Å². The Hall–Kier alpha value is -3.48. The highest BCUT2D eigenvalue weighted by molar-refractivity contribution is 6.33. The Morgan fingerprint density at radius 3 is 2.10 bits per heavy atom. The Balaban J connectivity index is 2.26. The number of ketones is 2. The zero-order valence-electron chi connectivity index (χ0n) is 16.4. The van der Waals surface area contributed by atoms with Crippen molar-refractivity contribution in [3.63, 3.8) is 0 Å². The van der Waals surface area contributed by atoms with E-state index >= 15 is 0 Å². The van der Waals surface area contributed by atoms with Crippen LogP contribution < -0.4 is 10.6 Å². The average Bonchev–Trinajstić information content (AvgIpc) is 2.88. The highest BCUT2D eigenvalue weighted by Gasteiger charge is 2.55. The summed E-state index contributed by atoms with van der Waals surface area (Å²) in [5, 5.41) is 13.9. The first-order valence-corrected chi connectivity index (χ1v) is 9.26. The minimum absolute atomic E-state index is 0.108. The van der Waals surface area contributed by atoms with E-state index in [1.807, 2.05) is 13.8 Å². The van der Waals surface area contributed by atoms with Gasteiger partial charge in [0.25, 0.3) is 0 Å². The van der Waals surface area contributed by atoms with E-state index in [1.165, 1.54) is 6.92 Å². The zero-order valence-corrected chi connectivity index (χ0v) is 16.4. The lowest BCUT2D eigenvalue weighted by atomic mass is 9.80. The van der Waals surface area contributed by atoms with Crippen LogP contribution in [0.5, 0.6) is 0 Å². The topological polar surface area (TPSA) is 113 Å². The van der Waals surface area contributed by atoms with Crippen molar-refractivity contribution in [2.75, 3.05) is 0 Å². The maximum Gasteiger partial charge on any atom is 0.404 e. The predicted molar refractivity (Wildman–Crippen MR) is 106 cm³/mol. The summed E-state index contributed by atoms with van der Waals surface area (Å²) in [7, 11) is 0. The van der Waals surface area contributed by atoms with E-state index in [-0.39, 0.29) is 29.2 Å². The number of hydrogen-bond donors (Lipinski definition) is 3. The lowest BCUT2D eigenvalue weighted by Gasteiger charge is -2.30. The molecule has 1 aliphatic rings. The van der Waals surface area contributed by atoms with E-state index in [0.717, 1.165) is 5.56 Å². The number of nitrogens with one attached hydrogen (secondary N) is 2. The molecule has 3 N–H and O–H groups in total. The monoisotopic (exact) mass is 394 g/mol. The van der Waals surface area contributed by atoms with Crippen molar-refractivity contribution in [3.8, 4) is 0 Å². The summed E-state index contributed by atoms with van der Waals surface area (Å²) >= 11 is 0. The number of fused-ring (bicyclic) bond motifs is 1. The zero-order chi connectivity index (χ0) is 21.3. The number of Topliss-reactive ketones (excluding diaryl/α,β-unsaturated/α-hetero) is 2. The Bertz CT molecular complexity index is 991. The summed E-state index contributed by atoms with van der Waals surface area (Å²) in [5.74, 6) is -1.44. The minimum atomic E-state index is -1.92. The fourth-order valence-corrected chi connectivity index (χ4v) is 3.73. The molecule has 1 aliphatic carbocycles. The molecule has 0 atom stereocenters. The standard InChI is InChI=1S/C22H22N2O5/c1-12(2)14-8-9-18(15(10-14)11-23-21(28)29)22(24-13(3)25)19(26)16-6-4-5-7-17(16)20(22)27/h4-10,12,23H,11H2,1-3H3,(H,24,25)(H,28,29). The van der Waals surface area contributed by atoms with Crippen molar-refractivity contribution in [1.82, 2.24) is 10.6 Å². The molecule has 150 valence electrons. The fourth-order valence-electron chi connectivity index (χ4n) is 3.73. The molecule has 2 aromatic rings. The van der Waals surface area contributed by atoms with Gasteiger partial charge in [-0.25, -0.2) is 4.79 Å². The summed E-state index contributed by atoms with van der Waals surface area (Å²) in [6, 6.07) is 11.6. The molecule has 0 bridgehead atoms. The second-order valence-corrected chi connectivity index (χ2v) is 7.37. The summed E-state index contributed by atoms with van der Waals surface area (Å²) in [5.41, 5.74) is 0.205. The van der Waals surface area contributed by atoms with Gasteiger partial charge < -0.3 is 15.7 Å². The molecule has 0 unspecified atom stereocenters. The van der Waals surface area contributed by atoms with Gasteiger partial charge in [-0.15, -0.1) is 0 Å². The summed E-state index contributed by atoms with van der Waals surface area (Å²) in [6.07, 6.45) is -1.23. The van der Waals surface area contributed by atoms with Gasteiger partial charge >= 0.3 is 6.09 Å². The third-order valence-corrected chi connectivity index (χ3v) is 5.09. The molecule has 3 rings (SSSR count). The third-order valence-electron chi connectivity index (χ3n) is 5.09. The molecule has 0 saturated carbocycles. The molecule has 0 fully saturated rings. The van der Waals surface area contributed by atoms with Crippen LogP contribution in [0.2, 0.25) is 0 Å². The van der Waals surface area contributed by atoms with Gasteiger partial charge in [-0.05, 0) is 22.6 Å². The SMILES string of the molecule is CC(=O)NC1(c2ccc(C(C)C)cc2CNC(=O)O)C(=O)c2ccccc2C1=O. The van der Waals surface area contributed by atoms with E-state index < -0.39 is 29.1 Å².